The molecule has 3 rings (SSSR count). The van der Waals surface area contributed by atoms with Gasteiger partial charge in [0.05, 0.1) is 12.2 Å². The molecule has 1 amide bonds. The van der Waals surface area contributed by atoms with E-state index in [1.165, 1.54) is 0 Å². The molecule has 8 nitrogen and oxygen atoms in total. The van der Waals surface area contributed by atoms with Crippen LogP contribution in [0, 0.1) is 6.92 Å². The van der Waals surface area contributed by atoms with Crippen LogP contribution in [0.4, 0.5) is 0 Å². The number of primary amides is 1. The van der Waals surface area contributed by atoms with Crippen molar-refractivity contribution in [2.45, 2.75) is 20.0 Å². The smallest absolute Gasteiger partial charge is 0.252 e. The molecule has 1 aromatic heterocycles. The summed E-state index contributed by atoms with van der Waals surface area (Å²) < 4.78 is 22.1. The van der Waals surface area contributed by atoms with E-state index in [4.69, 9.17) is 24.4 Å². The highest BCUT2D eigenvalue weighted by molar-refractivity contribution is 5.95. The monoisotopic (exact) mass is 383 g/mol. The van der Waals surface area contributed by atoms with Crippen LogP contribution in [-0.2, 0) is 4.74 Å². The fraction of sp³-hybridized carbons (Fsp3) is 0.250. The molecule has 0 saturated carbocycles. The second-order valence-electron chi connectivity index (χ2n) is 6.16. The van der Waals surface area contributed by atoms with Gasteiger partial charge in [0.1, 0.15) is 23.4 Å². The van der Waals surface area contributed by atoms with E-state index in [0.717, 1.165) is 5.56 Å². The first-order chi connectivity index (χ1) is 13.5. The summed E-state index contributed by atoms with van der Waals surface area (Å²) in [6.07, 6.45) is -0.254. The summed E-state index contributed by atoms with van der Waals surface area (Å²) in [5, 5.41) is 7.80. The number of carbonyl (C=O) groups excluding carboxylic acids is 1. The molecule has 0 aliphatic carbocycles. The third-order valence-electron chi connectivity index (χ3n) is 3.81. The van der Waals surface area contributed by atoms with E-state index in [-0.39, 0.29) is 11.7 Å². The average Bonchev–Trinajstić information content (AvgIpc) is 3.09. The van der Waals surface area contributed by atoms with Crippen molar-refractivity contribution < 1.29 is 23.4 Å². The van der Waals surface area contributed by atoms with Crippen LogP contribution in [0.5, 0.6) is 17.2 Å². The Morgan fingerprint density at radius 2 is 1.86 bits per heavy atom. The van der Waals surface area contributed by atoms with Gasteiger partial charge in [-0.15, -0.1) is 10.2 Å². The zero-order valence-electron chi connectivity index (χ0n) is 15.8. The number of nitrogens with two attached hydrogens (primary N) is 1. The number of amides is 1. The lowest BCUT2D eigenvalue weighted by atomic mass is 10.1. The van der Waals surface area contributed by atoms with Crippen molar-refractivity contribution in [1.29, 1.82) is 0 Å². The van der Waals surface area contributed by atoms with Crippen molar-refractivity contribution in [1.82, 2.24) is 10.2 Å². The Balaban J connectivity index is 1.78. The lowest BCUT2D eigenvalue weighted by Crippen LogP contribution is -2.21. The van der Waals surface area contributed by atoms with E-state index in [1.54, 1.807) is 44.4 Å². The molecule has 1 unspecified atom stereocenters. The molecule has 0 aliphatic rings. The molecular formula is C20H21N3O5. The van der Waals surface area contributed by atoms with Crippen LogP contribution in [0.2, 0.25) is 0 Å². The van der Waals surface area contributed by atoms with Gasteiger partial charge in [-0.3, -0.25) is 4.79 Å². The number of hydrogen-bond acceptors (Lipinski definition) is 7. The second kappa shape index (κ2) is 8.53. The number of rotatable bonds is 8. The molecule has 28 heavy (non-hydrogen) atoms. The summed E-state index contributed by atoms with van der Waals surface area (Å²) in [6, 6.07) is 12.1. The zero-order valence-corrected chi connectivity index (χ0v) is 15.8. The molecular weight excluding hydrogens is 362 g/mol. The van der Waals surface area contributed by atoms with E-state index >= 15 is 0 Å². The Morgan fingerprint density at radius 3 is 2.46 bits per heavy atom. The quantitative estimate of drug-likeness (QED) is 0.635. The van der Waals surface area contributed by atoms with Gasteiger partial charge in [0.15, 0.2) is 0 Å². The minimum absolute atomic E-state index is 0.254. The van der Waals surface area contributed by atoms with Gasteiger partial charge in [-0.25, -0.2) is 0 Å². The van der Waals surface area contributed by atoms with Crippen LogP contribution in [0.15, 0.2) is 46.9 Å². The first kappa shape index (κ1) is 19.4. The molecule has 1 heterocycles. The molecule has 0 radical (unpaired) electrons. The van der Waals surface area contributed by atoms with Crippen molar-refractivity contribution in [2.24, 2.45) is 5.73 Å². The number of methoxy groups -OCH3 is 1. The predicted octanol–water partition coefficient (Wildman–Crippen LogP) is 3.35. The third kappa shape index (κ3) is 4.66. The summed E-state index contributed by atoms with van der Waals surface area (Å²) in [5.41, 5.74) is 6.49. The molecule has 2 aromatic carbocycles. The highest BCUT2D eigenvalue weighted by Gasteiger charge is 2.14. The minimum Gasteiger partial charge on any atom is -0.487 e. The number of hydrogen-bond donors (Lipinski definition) is 1. The van der Waals surface area contributed by atoms with Crippen LogP contribution in [0.3, 0.4) is 0 Å². The Kier molecular flexibility index (Phi) is 5.90. The maximum atomic E-state index is 11.7. The van der Waals surface area contributed by atoms with E-state index in [2.05, 4.69) is 10.2 Å². The highest BCUT2D eigenvalue weighted by Crippen LogP contribution is 2.30. The van der Waals surface area contributed by atoms with Gasteiger partial charge in [-0.2, -0.15) is 0 Å². The fourth-order valence-corrected chi connectivity index (χ4v) is 2.57. The second-order valence-corrected chi connectivity index (χ2v) is 6.16. The molecule has 3 aromatic rings. The molecule has 146 valence electrons. The Bertz CT molecular complexity index is 953. The molecule has 0 fully saturated rings. The molecule has 0 spiro atoms. The molecule has 8 heteroatoms. The Hall–Kier alpha value is -3.39. The highest BCUT2D eigenvalue weighted by atomic mass is 16.5. The van der Waals surface area contributed by atoms with Gasteiger partial charge in [0.25, 0.3) is 5.91 Å². The number of ether oxygens (including phenoxy) is 3. The SMILES string of the molecule is COCC(C)Oc1cc(Oc2ccc(-c3nnc(C)o3)cc2)ccc1C(N)=O. The topological polar surface area (TPSA) is 110 Å². The average molecular weight is 383 g/mol. The van der Waals surface area contributed by atoms with Crippen LogP contribution in [0.1, 0.15) is 23.2 Å². The van der Waals surface area contributed by atoms with Crippen molar-refractivity contribution in [3.8, 4) is 28.7 Å². The van der Waals surface area contributed by atoms with E-state index in [1.807, 2.05) is 19.1 Å². The molecule has 0 saturated heterocycles. The first-order valence-corrected chi connectivity index (χ1v) is 8.64. The van der Waals surface area contributed by atoms with Crippen LogP contribution in [-0.4, -0.2) is 35.9 Å². The first-order valence-electron chi connectivity index (χ1n) is 8.64. The lowest BCUT2D eigenvalue weighted by Gasteiger charge is -2.17. The van der Waals surface area contributed by atoms with Crippen molar-refractivity contribution in [3.63, 3.8) is 0 Å². The van der Waals surface area contributed by atoms with Crippen LogP contribution in [0.25, 0.3) is 11.5 Å². The zero-order chi connectivity index (χ0) is 20.1. The molecule has 0 bridgehead atoms. The lowest BCUT2D eigenvalue weighted by molar-refractivity contribution is 0.0885. The predicted molar refractivity (Wildman–Crippen MR) is 101 cm³/mol. The standard InChI is InChI=1S/C20H21N3O5/c1-12(11-25-3)26-18-10-16(8-9-17(18)19(21)24)28-15-6-4-14(5-7-15)20-23-22-13(2)27-20/h4-10,12H,11H2,1-3H3,(H2,21,24). The largest absolute Gasteiger partial charge is 0.487 e. The van der Waals surface area contributed by atoms with Gasteiger partial charge in [-0.1, -0.05) is 0 Å². The van der Waals surface area contributed by atoms with Crippen molar-refractivity contribution in [3.05, 3.63) is 53.9 Å². The summed E-state index contributed by atoms with van der Waals surface area (Å²) >= 11 is 0. The number of nitrogens with zero attached hydrogens (tertiary/aromatic N) is 2. The number of aryl methyl sites for hydroxylation is 1. The molecule has 0 aliphatic heterocycles. The van der Waals surface area contributed by atoms with E-state index < -0.39 is 5.91 Å². The third-order valence-corrected chi connectivity index (χ3v) is 3.81. The van der Waals surface area contributed by atoms with E-state index in [9.17, 15) is 4.79 Å². The Morgan fingerprint density at radius 1 is 1.14 bits per heavy atom. The Labute approximate surface area is 162 Å². The maximum absolute atomic E-state index is 11.7. The van der Waals surface area contributed by atoms with Crippen LogP contribution < -0.4 is 15.2 Å². The van der Waals surface area contributed by atoms with Gasteiger partial charge in [0, 0.05) is 25.7 Å². The summed E-state index contributed by atoms with van der Waals surface area (Å²) in [4.78, 5) is 11.7. The summed E-state index contributed by atoms with van der Waals surface area (Å²) in [7, 11) is 1.58. The van der Waals surface area contributed by atoms with Gasteiger partial charge >= 0.3 is 0 Å². The number of aromatic nitrogens is 2. The van der Waals surface area contributed by atoms with Gasteiger partial charge in [-0.05, 0) is 43.3 Å². The molecule has 1 atom stereocenters. The number of benzene rings is 2. The minimum atomic E-state index is -0.578. The molecule has 2 N–H and O–H groups in total. The van der Waals surface area contributed by atoms with Gasteiger partial charge < -0.3 is 24.4 Å². The van der Waals surface area contributed by atoms with Crippen LogP contribution >= 0.6 is 0 Å². The van der Waals surface area contributed by atoms with Crippen molar-refractivity contribution in [2.75, 3.05) is 13.7 Å². The van der Waals surface area contributed by atoms with Gasteiger partial charge in [0.2, 0.25) is 11.8 Å². The normalized spacial score (nSPS) is 11.8. The van der Waals surface area contributed by atoms with E-state index in [0.29, 0.717) is 35.6 Å². The summed E-state index contributed by atoms with van der Waals surface area (Å²) in [6.45, 7) is 3.94. The maximum Gasteiger partial charge on any atom is 0.252 e. The van der Waals surface area contributed by atoms with Crippen molar-refractivity contribution >= 4 is 5.91 Å². The summed E-state index contributed by atoms with van der Waals surface area (Å²) in [5.74, 6) is 1.81. The number of carbonyl (C=O) groups is 1. The fourth-order valence-electron chi connectivity index (χ4n) is 2.57.